The number of rotatable bonds is 3. The minimum Gasteiger partial charge on any atom is -0.330 e. The van der Waals surface area contributed by atoms with Crippen molar-refractivity contribution in [2.24, 2.45) is 5.73 Å². The minimum absolute atomic E-state index is 0.180. The second kappa shape index (κ2) is 4.94. The fourth-order valence-corrected chi connectivity index (χ4v) is 2.48. The molecule has 4 heteroatoms. The van der Waals surface area contributed by atoms with Crippen molar-refractivity contribution in [2.75, 3.05) is 6.54 Å². The molecule has 1 aromatic carbocycles. The van der Waals surface area contributed by atoms with E-state index in [2.05, 4.69) is 11.9 Å². The molecule has 0 fully saturated rings. The summed E-state index contributed by atoms with van der Waals surface area (Å²) < 4.78 is 13.2. The Morgan fingerprint density at radius 3 is 2.88 bits per heavy atom. The van der Waals surface area contributed by atoms with Gasteiger partial charge in [-0.2, -0.15) is 0 Å². The lowest BCUT2D eigenvalue weighted by Gasteiger charge is -2.03. The van der Waals surface area contributed by atoms with Crippen LogP contribution >= 0.6 is 11.3 Å². The second-order valence-corrected chi connectivity index (χ2v) is 5.04. The summed E-state index contributed by atoms with van der Waals surface area (Å²) in [5.74, 6) is 0.0856. The molecule has 1 aromatic heterocycles. The van der Waals surface area contributed by atoms with Crippen LogP contribution in [0.1, 0.15) is 24.1 Å². The lowest BCUT2D eigenvalue weighted by Crippen LogP contribution is -2.08. The maximum Gasteiger partial charge on any atom is 0.126 e. The average Bonchev–Trinajstić information content (AvgIpc) is 2.81. The molecule has 1 unspecified atom stereocenters. The first kappa shape index (κ1) is 12.2. The molecule has 0 radical (unpaired) electrons. The van der Waals surface area contributed by atoms with Gasteiger partial charge >= 0.3 is 0 Å². The standard InChI is InChI=1S/C13H15FN2S/c1-8-5-10(3-4-11(8)14)13-16-12(7-17-13)9(2)6-15/h3-5,7,9H,6,15H2,1-2H3. The zero-order valence-electron chi connectivity index (χ0n) is 9.90. The van der Waals surface area contributed by atoms with E-state index in [1.807, 2.05) is 11.4 Å². The first-order chi connectivity index (χ1) is 8.11. The predicted octanol–water partition coefficient (Wildman–Crippen LogP) is 3.32. The van der Waals surface area contributed by atoms with E-state index in [4.69, 9.17) is 5.73 Å². The molecule has 1 heterocycles. The number of thiazole rings is 1. The molecule has 2 N–H and O–H groups in total. The van der Waals surface area contributed by atoms with Crippen molar-refractivity contribution in [3.05, 3.63) is 40.7 Å². The lowest BCUT2D eigenvalue weighted by molar-refractivity contribution is 0.619. The third-order valence-corrected chi connectivity index (χ3v) is 3.69. The van der Waals surface area contributed by atoms with E-state index >= 15 is 0 Å². The average molecular weight is 250 g/mol. The molecular weight excluding hydrogens is 235 g/mol. The molecule has 0 amide bonds. The van der Waals surface area contributed by atoms with Gasteiger partial charge in [-0.1, -0.05) is 6.92 Å². The Morgan fingerprint density at radius 1 is 1.47 bits per heavy atom. The molecule has 1 atom stereocenters. The largest absolute Gasteiger partial charge is 0.330 e. The summed E-state index contributed by atoms with van der Waals surface area (Å²) in [5.41, 5.74) is 8.23. The van der Waals surface area contributed by atoms with Gasteiger partial charge in [-0.25, -0.2) is 9.37 Å². The Balaban J connectivity index is 2.33. The summed E-state index contributed by atoms with van der Waals surface area (Å²) in [7, 11) is 0. The highest BCUT2D eigenvalue weighted by atomic mass is 32.1. The monoisotopic (exact) mass is 250 g/mol. The summed E-state index contributed by atoms with van der Waals surface area (Å²) in [4.78, 5) is 4.54. The van der Waals surface area contributed by atoms with Crippen LogP contribution < -0.4 is 5.73 Å². The molecule has 0 aliphatic rings. The topological polar surface area (TPSA) is 38.9 Å². The smallest absolute Gasteiger partial charge is 0.126 e. The number of nitrogens with two attached hydrogens (primary N) is 1. The number of halogens is 1. The van der Waals surface area contributed by atoms with Gasteiger partial charge in [0.05, 0.1) is 5.69 Å². The zero-order valence-corrected chi connectivity index (χ0v) is 10.7. The molecule has 0 saturated carbocycles. The van der Waals surface area contributed by atoms with E-state index in [-0.39, 0.29) is 11.7 Å². The molecule has 2 rings (SSSR count). The summed E-state index contributed by atoms with van der Waals surface area (Å²) in [6.07, 6.45) is 0. The van der Waals surface area contributed by atoms with Crippen molar-refractivity contribution in [1.82, 2.24) is 4.98 Å². The van der Waals surface area contributed by atoms with Crippen LogP contribution in [0, 0.1) is 12.7 Å². The fraction of sp³-hybridized carbons (Fsp3) is 0.308. The van der Waals surface area contributed by atoms with Crippen molar-refractivity contribution >= 4 is 11.3 Å². The molecule has 0 aliphatic carbocycles. The molecule has 0 bridgehead atoms. The van der Waals surface area contributed by atoms with Gasteiger partial charge < -0.3 is 5.73 Å². The number of benzene rings is 1. The highest BCUT2D eigenvalue weighted by Crippen LogP contribution is 2.27. The number of hydrogen-bond acceptors (Lipinski definition) is 3. The third kappa shape index (κ3) is 2.53. The van der Waals surface area contributed by atoms with Crippen LogP contribution in [0.15, 0.2) is 23.6 Å². The second-order valence-electron chi connectivity index (χ2n) is 4.18. The quantitative estimate of drug-likeness (QED) is 0.907. The number of nitrogens with zero attached hydrogens (tertiary/aromatic N) is 1. The third-order valence-electron chi connectivity index (χ3n) is 2.79. The van der Waals surface area contributed by atoms with Crippen LogP contribution in [0.4, 0.5) is 4.39 Å². The Hall–Kier alpha value is -1.26. The van der Waals surface area contributed by atoms with Crippen LogP contribution in [-0.2, 0) is 0 Å². The number of hydrogen-bond donors (Lipinski definition) is 1. The highest BCUT2D eigenvalue weighted by molar-refractivity contribution is 7.13. The molecular formula is C13H15FN2S. The minimum atomic E-state index is -0.180. The molecule has 2 aromatic rings. The van der Waals surface area contributed by atoms with E-state index in [1.165, 1.54) is 6.07 Å². The Kier molecular flexibility index (Phi) is 3.54. The van der Waals surface area contributed by atoms with Gasteiger partial charge in [0.2, 0.25) is 0 Å². The number of aryl methyl sites for hydroxylation is 1. The van der Waals surface area contributed by atoms with Gasteiger partial charge in [-0.3, -0.25) is 0 Å². The molecule has 2 nitrogen and oxygen atoms in total. The maximum atomic E-state index is 13.2. The Bertz CT molecular complexity index is 522. The zero-order chi connectivity index (χ0) is 12.4. The van der Waals surface area contributed by atoms with E-state index < -0.39 is 0 Å². The summed E-state index contributed by atoms with van der Waals surface area (Å²) in [6, 6.07) is 5.07. The first-order valence-electron chi connectivity index (χ1n) is 5.54. The molecule has 0 saturated heterocycles. The summed E-state index contributed by atoms with van der Waals surface area (Å²) in [5, 5.41) is 2.94. The normalized spacial score (nSPS) is 12.7. The molecule has 17 heavy (non-hydrogen) atoms. The van der Waals surface area contributed by atoms with Crippen molar-refractivity contribution in [2.45, 2.75) is 19.8 Å². The van der Waals surface area contributed by atoms with Crippen molar-refractivity contribution in [3.8, 4) is 10.6 Å². The SMILES string of the molecule is Cc1cc(-c2nc(C(C)CN)cs2)ccc1F. The van der Waals surface area contributed by atoms with Crippen LogP contribution in [0.25, 0.3) is 10.6 Å². The van der Waals surface area contributed by atoms with Crippen molar-refractivity contribution in [3.63, 3.8) is 0 Å². The van der Waals surface area contributed by atoms with E-state index in [0.717, 1.165) is 16.3 Å². The summed E-state index contributed by atoms with van der Waals surface area (Å²) in [6.45, 7) is 4.40. The van der Waals surface area contributed by atoms with Crippen LogP contribution in [0.2, 0.25) is 0 Å². The van der Waals surface area contributed by atoms with Crippen molar-refractivity contribution in [1.29, 1.82) is 0 Å². The van der Waals surface area contributed by atoms with Gasteiger partial charge in [0.15, 0.2) is 0 Å². The van der Waals surface area contributed by atoms with Gasteiger partial charge in [0.1, 0.15) is 10.8 Å². The van der Waals surface area contributed by atoms with Gasteiger partial charge in [0.25, 0.3) is 0 Å². The van der Waals surface area contributed by atoms with Crippen molar-refractivity contribution < 1.29 is 4.39 Å². The first-order valence-corrected chi connectivity index (χ1v) is 6.41. The Labute approximate surface area is 104 Å². The maximum absolute atomic E-state index is 13.2. The molecule has 0 spiro atoms. The fourth-order valence-electron chi connectivity index (χ4n) is 1.54. The summed E-state index contributed by atoms with van der Waals surface area (Å²) >= 11 is 1.57. The van der Waals surface area contributed by atoms with E-state index in [1.54, 1.807) is 24.3 Å². The van der Waals surface area contributed by atoms with E-state index in [0.29, 0.717) is 12.1 Å². The van der Waals surface area contributed by atoms with Crippen LogP contribution in [-0.4, -0.2) is 11.5 Å². The molecule has 0 aliphatic heterocycles. The van der Waals surface area contributed by atoms with E-state index in [9.17, 15) is 4.39 Å². The number of aromatic nitrogens is 1. The van der Waals surface area contributed by atoms with Gasteiger partial charge in [-0.05, 0) is 30.7 Å². The molecule has 90 valence electrons. The van der Waals surface area contributed by atoms with Gasteiger partial charge in [-0.15, -0.1) is 11.3 Å². The highest BCUT2D eigenvalue weighted by Gasteiger charge is 2.10. The van der Waals surface area contributed by atoms with Crippen LogP contribution in [0.5, 0.6) is 0 Å². The lowest BCUT2D eigenvalue weighted by atomic mass is 10.1. The van der Waals surface area contributed by atoms with Crippen LogP contribution in [0.3, 0.4) is 0 Å². The predicted molar refractivity (Wildman–Crippen MR) is 69.7 cm³/mol. The Morgan fingerprint density at radius 2 is 2.24 bits per heavy atom. The van der Waals surface area contributed by atoms with Gasteiger partial charge in [0, 0.05) is 23.4 Å².